The van der Waals surface area contributed by atoms with Crippen LogP contribution in [0.2, 0.25) is 0 Å². The van der Waals surface area contributed by atoms with Gasteiger partial charge in [0.2, 0.25) is 0 Å². The van der Waals surface area contributed by atoms with Gasteiger partial charge < -0.3 is 0 Å². The number of rotatable bonds is 13. The van der Waals surface area contributed by atoms with Gasteiger partial charge >= 0.3 is 0 Å². The lowest BCUT2D eigenvalue weighted by molar-refractivity contribution is 0.397. The van der Waals surface area contributed by atoms with Crippen molar-refractivity contribution in [3.05, 3.63) is 58.7 Å². The normalized spacial score (nSPS) is 15.7. The van der Waals surface area contributed by atoms with Crippen molar-refractivity contribution in [1.82, 2.24) is 0 Å². The average molecular weight is 441 g/mol. The van der Waals surface area contributed by atoms with Crippen molar-refractivity contribution in [2.45, 2.75) is 110 Å². The van der Waals surface area contributed by atoms with Gasteiger partial charge in [0.05, 0.1) is 5.56 Å². The molecule has 0 aromatic heterocycles. The molecule has 1 aliphatic carbocycles. The molecule has 0 radical (unpaired) electrons. The van der Waals surface area contributed by atoms with Crippen LogP contribution in [-0.4, -0.2) is 0 Å². The van der Waals surface area contributed by atoms with E-state index in [2.05, 4.69) is 13.8 Å². The first-order chi connectivity index (χ1) is 15.6. The zero-order valence-electron chi connectivity index (χ0n) is 20.3. The quantitative estimate of drug-likeness (QED) is 0.272. The SMILES string of the molecule is CCCCCCCCc1ccc(-c2c(F)cc3c(c2F)CCC(CCCCCC)C3)cc1. The summed E-state index contributed by atoms with van der Waals surface area (Å²) in [4.78, 5) is 0. The topological polar surface area (TPSA) is 0 Å². The summed E-state index contributed by atoms with van der Waals surface area (Å²) >= 11 is 0. The Labute approximate surface area is 194 Å². The van der Waals surface area contributed by atoms with Crippen LogP contribution in [0.15, 0.2) is 30.3 Å². The molecule has 0 bridgehead atoms. The predicted molar refractivity (Wildman–Crippen MR) is 133 cm³/mol. The first-order valence-corrected chi connectivity index (χ1v) is 13.2. The van der Waals surface area contributed by atoms with Crippen LogP contribution >= 0.6 is 0 Å². The first kappa shape index (κ1) is 24.9. The molecule has 0 spiro atoms. The predicted octanol–water partition coefficient (Wildman–Crippen LogP) is 9.61. The van der Waals surface area contributed by atoms with Gasteiger partial charge in [0.1, 0.15) is 11.6 Å². The van der Waals surface area contributed by atoms with Crippen LogP contribution in [0, 0.1) is 17.6 Å². The summed E-state index contributed by atoms with van der Waals surface area (Å²) in [5.74, 6) is -0.157. The summed E-state index contributed by atoms with van der Waals surface area (Å²) in [6, 6.07) is 9.52. The Hall–Kier alpha value is -1.70. The molecule has 0 saturated carbocycles. The third-order valence-electron chi connectivity index (χ3n) is 7.25. The summed E-state index contributed by atoms with van der Waals surface area (Å²) in [5, 5.41) is 0. The minimum absolute atomic E-state index is 0.163. The lowest BCUT2D eigenvalue weighted by atomic mass is 9.80. The van der Waals surface area contributed by atoms with Crippen LogP contribution < -0.4 is 0 Å². The van der Waals surface area contributed by atoms with Crippen molar-refractivity contribution in [3.63, 3.8) is 0 Å². The zero-order chi connectivity index (χ0) is 22.8. The first-order valence-electron chi connectivity index (χ1n) is 13.2. The molecule has 2 aromatic carbocycles. The van der Waals surface area contributed by atoms with Crippen LogP contribution in [0.5, 0.6) is 0 Å². The van der Waals surface area contributed by atoms with Crippen molar-refractivity contribution >= 4 is 0 Å². The summed E-state index contributed by atoms with van der Waals surface area (Å²) in [7, 11) is 0. The molecule has 0 aliphatic heterocycles. The maximum Gasteiger partial charge on any atom is 0.137 e. The molecule has 176 valence electrons. The maximum absolute atomic E-state index is 15.4. The van der Waals surface area contributed by atoms with Crippen molar-refractivity contribution < 1.29 is 8.78 Å². The summed E-state index contributed by atoms with van der Waals surface area (Å²) < 4.78 is 30.4. The van der Waals surface area contributed by atoms with Crippen LogP contribution in [-0.2, 0) is 19.3 Å². The fraction of sp³-hybridized carbons (Fsp3) is 0.600. The average Bonchev–Trinajstić information content (AvgIpc) is 2.80. The minimum Gasteiger partial charge on any atom is -0.206 e. The van der Waals surface area contributed by atoms with Gasteiger partial charge in [0.25, 0.3) is 0 Å². The van der Waals surface area contributed by atoms with Gasteiger partial charge in [-0.15, -0.1) is 0 Å². The molecule has 0 saturated heterocycles. The molecule has 3 rings (SSSR count). The van der Waals surface area contributed by atoms with Crippen molar-refractivity contribution in [1.29, 1.82) is 0 Å². The van der Waals surface area contributed by atoms with Gasteiger partial charge in [-0.3, -0.25) is 0 Å². The lowest BCUT2D eigenvalue weighted by Crippen LogP contribution is -2.17. The van der Waals surface area contributed by atoms with Gasteiger partial charge in [-0.1, -0.05) is 102 Å². The Morgan fingerprint density at radius 1 is 0.812 bits per heavy atom. The molecule has 0 heterocycles. The molecule has 1 aliphatic rings. The molecule has 0 fully saturated rings. The highest BCUT2D eigenvalue weighted by molar-refractivity contribution is 5.67. The molecule has 0 amide bonds. The number of benzene rings is 2. The number of halogens is 2. The third-order valence-corrected chi connectivity index (χ3v) is 7.25. The molecule has 32 heavy (non-hydrogen) atoms. The summed E-state index contributed by atoms with van der Waals surface area (Å²) in [6.07, 6.45) is 17.5. The van der Waals surface area contributed by atoms with E-state index < -0.39 is 5.82 Å². The number of unbranched alkanes of at least 4 members (excludes halogenated alkanes) is 8. The van der Waals surface area contributed by atoms with Crippen LogP contribution in [0.3, 0.4) is 0 Å². The fourth-order valence-electron chi connectivity index (χ4n) is 5.24. The summed E-state index contributed by atoms with van der Waals surface area (Å²) in [5.41, 5.74) is 3.74. The monoisotopic (exact) mass is 440 g/mol. The highest BCUT2D eigenvalue weighted by Gasteiger charge is 2.25. The summed E-state index contributed by atoms with van der Waals surface area (Å²) in [6.45, 7) is 4.46. The number of fused-ring (bicyclic) bond motifs is 1. The van der Waals surface area contributed by atoms with Crippen LogP contribution in [0.1, 0.15) is 108 Å². The number of aryl methyl sites for hydroxylation is 1. The molecule has 1 atom stereocenters. The number of hydrogen-bond acceptors (Lipinski definition) is 0. The van der Waals surface area contributed by atoms with E-state index in [0.717, 1.165) is 36.8 Å². The molecule has 1 unspecified atom stereocenters. The van der Waals surface area contributed by atoms with Crippen molar-refractivity contribution in [3.8, 4) is 11.1 Å². The number of hydrogen-bond donors (Lipinski definition) is 0. The Balaban J connectivity index is 1.61. The van der Waals surface area contributed by atoms with Crippen LogP contribution in [0.4, 0.5) is 8.78 Å². The van der Waals surface area contributed by atoms with E-state index in [1.54, 1.807) is 6.07 Å². The van der Waals surface area contributed by atoms with E-state index in [-0.39, 0.29) is 11.4 Å². The fourth-order valence-corrected chi connectivity index (χ4v) is 5.24. The van der Waals surface area contributed by atoms with E-state index >= 15 is 8.78 Å². The standard InChI is InChI=1S/C30H42F2/c1-3-5-7-9-10-12-13-23-15-18-25(19-16-23)29-28(31)22-26-21-24(14-11-8-6-4-2)17-20-27(26)30(29)32/h15-16,18-19,22,24H,3-14,17,20-21H2,1-2H3. The van der Waals surface area contributed by atoms with E-state index in [4.69, 9.17) is 0 Å². The van der Waals surface area contributed by atoms with E-state index in [0.29, 0.717) is 11.5 Å². The Bertz CT molecular complexity index is 822. The Morgan fingerprint density at radius 2 is 1.47 bits per heavy atom. The minimum atomic E-state index is -0.406. The Morgan fingerprint density at radius 3 is 2.19 bits per heavy atom. The molecular formula is C30H42F2. The van der Waals surface area contributed by atoms with Gasteiger partial charge in [-0.25, -0.2) is 8.78 Å². The highest BCUT2D eigenvalue weighted by Crippen LogP contribution is 2.36. The van der Waals surface area contributed by atoms with Crippen molar-refractivity contribution in [2.75, 3.05) is 0 Å². The maximum atomic E-state index is 15.4. The second-order valence-electron chi connectivity index (χ2n) is 9.86. The van der Waals surface area contributed by atoms with E-state index in [1.165, 1.54) is 76.2 Å². The molecule has 2 aromatic rings. The van der Waals surface area contributed by atoms with Crippen molar-refractivity contribution in [2.24, 2.45) is 5.92 Å². The van der Waals surface area contributed by atoms with E-state index in [1.807, 2.05) is 24.3 Å². The molecule has 0 nitrogen and oxygen atoms in total. The smallest absolute Gasteiger partial charge is 0.137 e. The van der Waals surface area contributed by atoms with Gasteiger partial charge in [0, 0.05) is 0 Å². The molecule has 0 N–H and O–H groups in total. The molecular weight excluding hydrogens is 398 g/mol. The van der Waals surface area contributed by atoms with Gasteiger partial charge in [-0.05, 0) is 66.3 Å². The lowest BCUT2D eigenvalue weighted by Gasteiger charge is -2.26. The Kier molecular flexibility index (Phi) is 10.2. The van der Waals surface area contributed by atoms with Gasteiger partial charge in [0.15, 0.2) is 0 Å². The third kappa shape index (κ3) is 6.90. The highest BCUT2D eigenvalue weighted by atomic mass is 19.1. The second kappa shape index (κ2) is 13.1. The van der Waals surface area contributed by atoms with Crippen LogP contribution in [0.25, 0.3) is 11.1 Å². The van der Waals surface area contributed by atoms with Gasteiger partial charge in [-0.2, -0.15) is 0 Å². The zero-order valence-corrected chi connectivity index (χ0v) is 20.3. The van der Waals surface area contributed by atoms with E-state index in [9.17, 15) is 0 Å². The molecule has 2 heteroatoms. The largest absolute Gasteiger partial charge is 0.206 e. The second-order valence-corrected chi connectivity index (χ2v) is 9.86.